The zero-order valence-corrected chi connectivity index (χ0v) is 14.6. The molecule has 1 N–H and O–H groups in total. The van der Waals surface area contributed by atoms with Gasteiger partial charge in [0.1, 0.15) is 0 Å². The molecule has 0 amide bonds. The zero-order valence-electron chi connectivity index (χ0n) is 13.8. The molecule has 1 fully saturated rings. The molecule has 2 unspecified atom stereocenters. The van der Waals surface area contributed by atoms with Crippen LogP contribution in [-0.4, -0.2) is 48.6 Å². The molecule has 2 atom stereocenters. The first-order valence-corrected chi connectivity index (χ1v) is 9.29. The second-order valence-corrected chi connectivity index (χ2v) is 8.07. The Bertz CT molecular complexity index is 409. The molecule has 1 heterocycles. The third kappa shape index (κ3) is 5.01. The zero-order chi connectivity index (χ0) is 15.1. The van der Waals surface area contributed by atoms with Crippen LogP contribution >= 0.6 is 11.8 Å². The minimum atomic E-state index is 0.193. The van der Waals surface area contributed by atoms with Crippen molar-refractivity contribution in [1.82, 2.24) is 10.2 Å². The molecule has 1 saturated heterocycles. The lowest BCUT2D eigenvalue weighted by Gasteiger charge is -2.39. The molecule has 1 aliphatic rings. The first-order chi connectivity index (χ1) is 10.1. The Hall–Kier alpha value is -0.510. The van der Waals surface area contributed by atoms with E-state index < -0.39 is 0 Å². The van der Waals surface area contributed by atoms with Crippen molar-refractivity contribution in [2.24, 2.45) is 0 Å². The predicted octanol–water partition coefficient (Wildman–Crippen LogP) is 3.38. The van der Waals surface area contributed by atoms with Gasteiger partial charge in [-0.25, -0.2) is 0 Å². The lowest BCUT2D eigenvalue weighted by atomic mass is 9.81. The summed E-state index contributed by atoms with van der Waals surface area (Å²) in [6.45, 7) is 12.8. The van der Waals surface area contributed by atoms with Crippen LogP contribution in [-0.2, 0) is 5.41 Å². The molecule has 0 aromatic heterocycles. The monoisotopic (exact) mass is 306 g/mol. The normalized spacial score (nSPS) is 22.9. The van der Waals surface area contributed by atoms with Crippen LogP contribution in [0.5, 0.6) is 0 Å². The average Bonchev–Trinajstić information content (AvgIpc) is 2.48. The summed E-state index contributed by atoms with van der Waals surface area (Å²) in [7, 11) is 0. The Balaban J connectivity index is 2.07. The van der Waals surface area contributed by atoms with Crippen LogP contribution in [0.15, 0.2) is 30.3 Å². The molecule has 0 spiro atoms. The highest BCUT2D eigenvalue weighted by Gasteiger charge is 2.30. The Labute approximate surface area is 134 Å². The molecule has 3 heteroatoms. The number of hydrogen-bond acceptors (Lipinski definition) is 3. The van der Waals surface area contributed by atoms with Gasteiger partial charge in [-0.2, -0.15) is 11.8 Å². The van der Waals surface area contributed by atoms with Gasteiger partial charge >= 0.3 is 0 Å². The highest BCUT2D eigenvalue weighted by atomic mass is 32.2. The molecule has 0 aliphatic carbocycles. The quantitative estimate of drug-likeness (QED) is 0.778. The molecule has 2 rings (SSSR count). The van der Waals surface area contributed by atoms with Gasteiger partial charge in [-0.1, -0.05) is 51.1 Å². The SMILES string of the molecule is CCCNCC(C)(CN1CCSC(C)C1)c1ccccc1. The summed E-state index contributed by atoms with van der Waals surface area (Å²) in [5.41, 5.74) is 1.65. The summed E-state index contributed by atoms with van der Waals surface area (Å²) in [6, 6.07) is 11.0. The van der Waals surface area contributed by atoms with Crippen LogP contribution in [0.2, 0.25) is 0 Å². The summed E-state index contributed by atoms with van der Waals surface area (Å²) >= 11 is 2.11. The number of nitrogens with one attached hydrogen (secondary N) is 1. The van der Waals surface area contributed by atoms with Gasteiger partial charge in [0.25, 0.3) is 0 Å². The van der Waals surface area contributed by atoms with Gasteiger partial charge in [0.05, 0.1) is 0 Å². The van der Waals surface area contributed by atoms with Crippen LogP contribution in [0.4, 0.5) is 0 Å². The van der Waals surface area contributed by atoms with E-state index in [1.807, 2.05) is 0 Å². The number of hydrogen-bond donors (Lipinski definition) is 1. The lowest BCUT2D eigenvalue weighted by molar-refractivity contribution is 0.218. The minimum absolute atomic E-state index is 0.193. The Kier molecular flexibility index (Phi) is 6.59. The fourth-order valence-electron chi connectivity index (χ4n) is 3.16. The number of benzene rings is 1. The van der Waals surface area contributed by atoms with Gasteiger partial charge in [0.15, 0.2) is 0 Å². The molecule has 1 aromatic rings. The van der Waals surface area contributed by atoms with Crippen LogP contribution in [0.1, 0.15) is 32.8 Å². The molecule has 1 aliphatic heterocycles. The number of nitrogens with zero attached hydrogens (tertiary/aromatic N) is 1. The van der Waals surface area contributed by atoms with Crippen molar-refractivity contribution in [2.45, 2.75) is 37.9 Å². The van der Waals surface area contributed by atoms with Gasteiger partial charge in [-0.3, -0.25) is 0 Å². The molecule has 1 aromatic carbocycles. The third-order valence-corrected chi connectivity index (χ3v) is 5.45. The van der Waals surface area contributed by atoms with Crippen LogP contribution in [0.3, 0.4) is 0 Å². The smallest absolute Gasteiger partial charge is 0.0177 e. The van der Waals surface area contributed by atoms with Crippen molar-refractivity contribution in [3.8, 4) is 0 Å². The predicted molar refractivity (Wildman–Crippen MR) is 95.3 cm³/mol. The summed E-state index contributed by atoms with van der Waals surface area (Å²) < 4.78 is 0. The van der Waals surface area contributed by atoms with Crippen molar-refractivity contribution >= 4 is 11.8 Å². The van der Waals surface area contributed by atoms with Gasteiger partial charge < -0.3 is 10.2 Å². The highest BCUT2D eigenvalue weighted by Crippen LogP contribution is 2.27. The van der Waals surface area contributed by atoms with Gasteiger partial charge in [-0.05, 0) is 18.5 Å². The minimum Gasteiger partial charge on any atom is -0.316 e. The van der Waals surface area contributed by atoms with E-state index in [-0.39, 0.29) is 5.41 Å². The standard InChI is InChI=1S/C18H30N2S/c1-4-10-19-14-18(3,17-8-6-5-7-9-17)15-20-11-12-21-16(2)13-20/h5-9,16,19H,4,10-15H2,1-3H3. The molecule has 0 bridgehead atoms. The van der Waals surface area contributed by atoms with Crippen molar-refractivity contribution < 1.29 is 0 Å². The molecular weight excluding hydrogens is 276 g/mol. The Morgan fingerprint density at radius 2 is 2.10 bits per heavy atom. The molecule has 118 valence electrons. The highest BCUT2D eigenvalue weighted by molar-refractivity contribution is 7.99. The maximum atomic E-state index is 3.64. The summed E-state index contributed by atoms with van der Waals surface area (Å²) in [6.07, 6.45) is 1.20. The maximum absolute atomic E-state index is 3.64. The molecule has 2 nitrogen and oxygen atoms in total. The summed E-state index contributed by atoms with van der Waals surface area (Å²) in [4.78, 5) is 2.65. The van der Waals surface area contributed by atoms with E-state index in [1.54, 1.807) is 0 Å². The van der Waals surface area contributed by atoms with Gasteiger partial charge in [-0.15, -0.1) is 0 Å². The molecular formula is C18H30N2S. The van der Waals surface area contributed by atoms with E-state index >= 15 is 0 Å². The maximum Gasteiger partial charge on any atom is 0.0177 e. The van der Waals surface area contributed by atoms with E-state index in [2.05, 4.69) is 73.1 Å². The first kappa shape index (κ1) is 16.9. The summed E-state index contributed by atoms with van der Waals surface area (Å²) in [5, 5.41) is 4.41. The van der Waals surface area contributed by atoms with Gasteiger partial charge in [0.2, 0.25) is 0 Å². The Morgan fingerprint density at radius 3 is 2.76 bits per heavy atom. The average molecular weight is 307 g/mol. The molecule has 0 saturated carbocycles. The second-order valence-electron chi connectivity index (χ2n) is 6.52. The van der Waals surface area contributed by atoms with E-state index in [0.29, 0.717) is 0 Å². The van der Waals surface area contributed by atoms with Crippen LogP contribution < -0.4 is 5.32 Å². The summed E-state index contributed by atoms with van der Waals surface area (Å²) in [5.74, 6) is 1.27. The van der Waals surface area contributed by atoms with Crippen molar-refractivity contribution in [1.29, 1.82) is 0 Å². The van der Waals surface area contributed by atoms with E-state index in [0.717, 1.165) is 24.9 Å². The van der Waals surface area contributed by atoms with Crippen LogP contribution in [0, 0.1) is 0 Å². The molecule has 21 heavy (non-hydrogen) atoms. The fourth-order valence-corrected chi connectivity index (χ4v) is 4.24. The van der Waals surface area contributed by atoms with E-state index in [4.69, 9.17) is 0 Å². The van der Waals surface area contributed by atoms with E-state index in [9.17, 15) is 0 Å². The number of thioether (sulfide) groups is 1. The van der Waals surface area contributed by atoms with Crippen molar-refractivity contribution in [3.05, 3.63) is 35.9 Å². The van der Waals surface area contributed by atoms with Crippen molar-refractivity contribution in [2.75, 3.05) is 38.5 Å². The third-order valence-electron chi connectivity index (χ3n) is 4.31. The topological polar surface area (TPSA) is 15.3 Å². The van der Waals surface area contributed by atoms with Crippen molar-refractivity contribution in [3.63, 3.8) is 0 Å². The number of rotatable bonds is 7. The van der Waals surface area contributed by atoms with Crippen LogP contribution in [0.25, 0.3) is 0 Å². The largest absolute Gasteiger partial charge is 0.316 e. The Morgan fingerprint density at radius 1 is 1.33 bits per heavy atom. The lowest BCUT2D eigenvalue weighted by Crippen LogP contribution is -2.49. The molecule has 0 radical (unpaired) electrons. The van der Waals surface area contributed by atoms with E-state index in [1.165, 1.54) is 30.8 Å². The second kappa shape index (κ2) is 8.21. The fraction of sp³-hybridized carbons (Fsp3) is 0.667. The van der Waals surface area contributed by atoms with Gasteiger partial charge in [0, 0.05) is 42.6 Å². The first-order valence-electron chi connectivity index (χ1n) is 8.24.